The number of nitrogens with zero attached hydrogens (tertiary/aromatic N) is 1. The Bertz CT molecular complexity index is 768. The van der Waals surface area contributed by atoms with Crippen LogP contribution >= 0.6 is 0 Å². The SMILES string of the molecule is O=C1C=CC(=O)N1[C@@H]1CCCc2cc(OS(=O)(=O)F)ccc21. The molecule has 1 aliphatic heterocycles. The van der Waals surface area contributed by atoms with Crippen LogP contribution in [0.3, 0.4) is 0 Å². The van der Waals surface area contributed by atoms with Gasteiger partial charge in [-0.2, -0.15) is 8.42 Å². The van der Waals surface area contributed by atoms with Crippen LogP contribution in [0.25, 0.3) is 0 Å². The molecule has 0 radical (unpaired) electrons. The van der Waals surface area contributed by atoms with Crippen molar-refractivity contribution in [2.45, 2.75) is 25.3 Å². The van der Waals surface area contributed by atoms with E-state index in [-0.39, 0.29) is 17.6 Å². The van der Waals surface area contributed by atoms with E-state index in [1.807, 2.05) is 0 Å². The lowest BCUT2D eigenvalue weighted by Crippen LogP contribution is -2.36. The number of rotatable bonds is 3. The molecule has 1 atom stereocenters. The average molecular weight is 325 g/mol. The topological polar surface area (TPSA) is 80.8 Å². The lowest BCUT2D eigenvalue weighted by atomic mass is 9.86. The molecule has 0 fully saturated rings. The van der Waals surface area contributed by atoms with Crippen LogP contribution in [0.1, 0.15) is 30.0 Å². The van der Waals surface area contributed by atoms with E-state index in [0.717, 1.165) is 17.5 Å². The summed E-state index contributed by atoms with van der Waals surface area (Å²) in [5.74, 6) is -0.858. The Hall–Kier alpha value is -2.22. The maximum atomic E-state index is 12.6. The highest BCUT2D eigenvalue weighted by Crippen LogP contribution is 2.37. The van der Waals surface area contributed by atoms with Gasteiger partial charge < -0.3 is 4.18 Å². The Kier molecular flexibility index (Phi) is 3.48. The van der Waals surface area contributed by atoms with E-state index in [1.165, 1.54) is 29.2 Å². The molecule has 1 aromatic carbocycles. The standard InChI is InChI=1S/C14H12FNO5S/c15-22(19,20)21-10-4-5-11-9(8-10)2-1-3-12(11)16-13(17)6-7-14(16)18/h4-8,12H,1-3H2/t12-/m1/s1. The number of carbonyl (C=O) groups is 2. The third kappa shape index (κ3) is 2.74. The van der Waals surface area contributed by atoms with E-state index in [2.05, 4.69) is 4.18 Å². The number of hydrogen-bond donors (Lipinski definition) is 0. The van der Waals surface area contributed by atoms with Crippen LogP contribution in [0.15, 0.2) is 30.4 Å². The molecule has 1 aromatic rings. The summed E-state index contributed by atoms with van der Waals surface area (Å²) in [4.78, 5) is 24.8. The molecule has 2 amide bonds. The van der Waals surface area contributed by atoms with Gasteiger partial charge in [0, 0.05) is 12.2 Å². The molecule has 2 aliphatic rings. The smallest absolute Gasteiger partial charge is 0.358 e. The van der Waals surface area contributed by atoms with Crippen molar-refractivity contribution < 1.29 is 26.1 Å². The minimum absolute atomic E-state index is 0.126. The monoisotopic (exact) mass is 325 g/mol. The number of aryl methyl sites for hydroxylation is 1. The first-order valence-corrected chi connectivity index (χ1v) is 7.98. The van der Waals surface area contributed by atoms with Gasteiger partial charge in [-0.05, 0) is 42.5 Å². The number of benzene rings is 1. The molecule has 0 saturated carbocycles. The van der Waals surface area contributed by atoms with Crippen molar-refractivity contribution in [1.29, 1.82) is 0 Å². The minimum Gasteiger partial charge on any atom is -0.358 e. The van der Waals surface area contributed by atoms with E-state index in [9.17, 15) is 21.9 Å². The van der Waals surface area contributed by atoms with Gasteiger partial charge in [0.05, 0.1) is 6.04 Å². The fourth-order valence-corrected chi connectivity index (χ4v) is 3.25. The summed E-state index contributed by atoms with van der Waals surface area (Å²) in [5.41, 5.74) is 1.49. The van der Waals surface area contributed by atoms with Crippen molar-refractivity contribution in [3.63, 3.8) is 0 Å². The predicted octanol–water partition coefficient (Wildman–Crippen LogP) is 1.58. The highest BCUT2D eigenvalue weighted by molar-refractivity contribution is 7.81. The Balaban J connectivity index is 1.94. The molecule has 3 rings (SSSR count). The van der Waals surface area contributed by atoms with Gasteiger partial charge in [-0.15, -0.1) is 0 Å². The number of hydrogen-bond acceptors (Lipinski definition) is 5. The lowest BCUT2D eigenvalue weighted by molar-refractivity contribution is -0.140. The second-order valence-corrected chi connectivity index (χ2v) is 6.08. The molecular formula is C14H12FNO5S. The lowest BCUT2D eigenvalue weighted by Gasteiger charge is -2.31. The molecule has 0 unspecified atom stereocenters. The Labute approximate surface area is 126 Å². The zero-order chi connectivity index (χ0) is 15.9. The quantitative estimate of drug-likeness (QED) is 0.622. The van der Waals surface area contributed by atoms with Crippen molar-refractivity contribution in [1.82, 2.24) is 4.90 Å². The minimum atomic E-state index is -5.08. The first-order chi connectivity index (χ1) is 10.3. The summed E-state index contributed by atoms with van der Waals surface area (Å²) in [6.07, 6.45) is 4.45. The molecule has 1 aliphatic carbocycles. The fourth-order valence-electron chi connectivity index (χ4n) is 2.92. The van der Waals surface area contributed by atoms with Crippen LogP contribution in [0.4, 0.5) is 3.89 Å². The Morgan fingerprint density at radius 2 is 1.86 bits per heavy atom. The van der Waals surface area contributed by atoms with Gasteiger partial charge in [-0.3, -0.25) is 14.5 Å². The van der Waals surface area contributed by atoms with Gasteiger partial charge in [-0.1, -0.05) is 9.95 Å². The van der Waals surface area contributed by atoms with Crippen molar-refractivity contribution in [2.24, 2.45) is 0 Å². The van der Waals surface area contributed by atoms with Crippen molar-refractivity contribution >= 4 is 22.3 Å². The van der Waals surface area contributed by atoms with Crippen LogP contribution in [-0.2, 0) is 26.5 Å². The number of halogens is 1. The Morgan fingerprint density at radius 3 is 2.50 bits per heavy atom. The highest BCUT2D eigenvalue weighted by atomic mass is 32.3. The van der Waals surface area contributed by atoms with E-state index in [0.29, 0.717) is 12.8 Å². The molecule has 1 heterocycles. The van der Waals surface area contributed by atoms with E-state index in [4.69, 9.17) is 0 Å². The normalized spacial score (nSPS) is 21.1. The van der Waals surface area contributed by atoms with Crippen LogP contribution in [0.5, 0.6) is 5.75 Å². The van der Waals surface area contributed by atoms with Gasteiger partial charge in [0.2, 0.25) is 0 Å². The maximum absolute atomic E-state index is 12.6. The number of carbonyl (C=O) groups excluding carboxylic acids is 2. The van der Waals surface area contributed by atoms with Crippen LogP contribution in [0, 0.1) is 0 Å². The third-order valence-electron chi connectivity index (χ3n) is 3.75. The summed E-state index contributed by atoms with van der Waals surface area (Å²) in [6, 6.07) is 3.91. The first-order valence-electron chi connectivity index (χ1n) is 6.67. The van der Waals surface area contributed by atoms with Crippen LogP contribution in [0.2, 0.25) is 0 Å². The van der Waals surface area contributed by atoms with Crippen molar-refractivity contribution in [3.05, 3.63) is 41.5 Å². The maximum Gasteiger partial charge on any atom is 0.488 e. The molecule has 0 aromatic heterocycles. The number of amides is 2. The van der Waals surface area contributed by atoms with Gasteiger partial charge in [0.25, 0.3) is 11.8 Å². The number of fused-ring (bicyclic) bond motifs is 1. The largest absolute Gasteiger partial charge is 0.488 e. The van der Waals surface area contributed by atoms with Gasteiger partial charge in [-0.25, -0.2) is 0 Å². The molecule has 22 heavy (non-hydrogen) atoms. The second kappa shape index (κ2) is 5.20. The predicted molar refractivity (Wildman–Crippen MR) is 73.8 cm³/mol. The molecule has 116 valence electrons. The summed E-state index contributed by atoms with van der Waals surface area (Å²) >= 11 is 0. The molecular weight excluding hydrogens is 313 g/mol. The zero-order valence-corrected chi connectivity index (χ0v) is 12.2. The van der Waals surface area contributed by atoms with E-state index >= 15 is 0 Å². The van der Waals surface area contributed by atoms with Gasteiger partial charge >= 0.3 is 10.5 Å². The fraction of sp³-hybridized carbons (Fsp3) is 0.286. The molecule has 0 saturated heterocycles. The first kappa shape index (κ1) is 14.7. The van der Waals surface area contributed by atoms with Gasteiger partial charge in [0.1, 0.15) is 5.75 Å². The van der Waals surface area contributed by atoms with Crippen molar-refractivity contribution in [3.8, 4) is 5.75 Å². The average Bonchev–Trinajstić information content (AvgIpc) is 2.75. The van der Waals surface area contributed by atoms with Gasteiger partial charge in [0.15, 0.2) is 0 Å². The Morgan fingerprint density at radius 1 is 1.18 bits per heavy atom. The van der Waals surface area contributed by atoms with Crippen molar-refractivity contribution in [2.75, 3.05) is 0 Å². The van der Waals surface area contributed by atoms with Crippen LogP contribution in [-0.4, -0.2) is 25.1 Å². The summed E-state index contributed by atoms with van der Waals surface area (Å²) in [6.45, 7) is 0. The summed E-state index contributed by atoms with van der Waals surface area (Å²) in [5, 5.41) is 0. The second-order valence-electron chi connectivity index (χ2n) is 5.12. The third-order valence-corrected chi connectivity index (χ3v) is 4.14. The molecule has 0 N–H and O–H groups in total. The zero-order valence-electron chi connectivity index (χ0n) is 11.4. The molecule has 6 nitrogen and oxygen atoms in total. The number of imide groups is 1. The molecule has 0 spiro atoms. The highest BCUT2D eigenvalue weighted by Gasteiger charge is 2.34. The summed E-state index contributed by atoms with van der Waals surface area (Å²) < 4.78 is 37.9. The molecule has 0 bridgehead atoms. The molecule has 8 heteroatoms. The van der Waals surface area contributed by atoms with Crippen LogP contribution < -0.4 is 4.18 Å². The summed E-state index contributed by atoms with van der Waals surface area (Å²) in [7, 11) is -5.08. The van der Waals surface area contributed by atoms with E-state index < -0.39 is 16.5 Å². The van der Waals surface area contributed by atoms with E-state index in [1.54, 1.807) is 6.07 Å².